The van der Waals surface area contributed by atoms with E-state index in [1.165, 1.54) is 4.68 Å². The maximum Gasteiger partial charge on any atom is 0.274 e. The summed E-state index contributed by atoms with van der Waals surface area (Å²) in [6, 6.07) is 7.70. The first-order valence-electron chi connectivity index (χ1n) is 8.00. The zero-order valence-electron chi connectivity index (χ0n) is 14.0. The highest BCUT2D eigenvalue weighted by molar-refractivity contribution is 5.88. The van der Waals surface area contributed by atoms with E-state index in [1.54, 1.807) is 13.1 Å². The van der Waals surface area contributed by atoms with Crippen LogP contribution in [-0.4, -0.2) is 46.8 Å². The molecule has 0 saturated carbocycles. The van der Waals surface area contributed by atoms with Crippen LogP contribution in [0.4, 0.5) is 0 Å². The van der Waals surface area contributed by atoms with Gasteiger partial charge in [-0.05, 0) is 26.0 Å². The van der Waals surface area contributed by atoms with Crippen LogP contribution in [0, 0.1) is 0 Å². The number of fused-ring (bicyclic) bond motifs is 1. The Bertz CT molecular complexity index is 790. The Hall–Kier alpha value is -1.92. The van der Waals surface area contributed by atoms with Gasteiger partial charge in [-0.3, -0.25) is 9.59 Å². The fourth-order valence-electron chi connectivity index (χ4n) is 3.20. The molecule has 24 heavy (non-hydrogen) atoms. The van der Waals surface area contributed by atoms with Gasteiger partial charge in [0.25, 0.3) is 5.56 Å². The zero-order valence-corrected chi connectivity index (χ0v) is 14.8. The van der Waals surface area contributed by atoms with Crippen molar-refractivity contribution in [3.05, 3.63) is 40.3 Å². The van der Waals surface area contributed by atoms with Gasteiger partial charge in [0.2, 0.25) is 5.91 Å². The average molecular weight is 351 g/mol. The molecule has 1 amide bonds. The summed E-state index contributed by atoms with van der Waals surface area (Å²) in [7, 11) is 3.56. The summed E-state index contributed by atoms with van der Waals surface area (Å²) in [6.07, 6.45) is 2.34. The number of aryl methyl sites for hydroxylation is 1. The highest BCUT2D eigenvalue weighted by Gasteiger charge is 2.23. The van der Waals surface area contributed by atoms with Gasteiger partial charge >= 0.3 is 0 Å². The molecule has 3 rings (SSSR count). The Morgan fingerprint density at radius 2 is 2.04 bits per heavy atom. The molecule has 6 nitrogen and oxygen atoms in total. The third-order valence-electron chi connectivity index (χ3n) is 4.53. The number of likely N-dealkylation sites (tertiary alicyclic amines) is 1. The van der Waals surface area contributed by atoms with Crippen molar-refractivity contribution in [1.82, 2.24) is 20.0 Å². The maximum atomic E-state index is 12.6. The zero-order chi connectivity index (χ0) is 16.4. The number of aromatic nitrogens is 2. The van der Waals surface area contributed by atoms with Crippen LogP contribution >= 0.6 is 12.4 Å². The van der Waals surface area contributed by atoms with Crippen molar-refractivity contribution in [2.75, 3.05) is 20.1 Å². The number of likely N-dealkylation sites (N-methyl/N-ethyl adjacent to an activating group) is 1. The largest absolute Gasteiger partial charge is 0.341 e. The summed E-state index contributed by atoms with van der Waals surface area (Å²) >= 11 is 0. The van der Waals surface area contributed by atoms with Gasteiger partial charge < -0.3 is 10.2 Å². The topological polar surface area (TPSA) is 67.2 Å². The highest BCUT2D eigenvalue weighted by atomic mass is 35.5. The van der Waals surface area contributed by atoms with Crippen molar-refractivity contribution < 1.29 is 4.79 Å². The number of hydrogen-bond donors (Lipinski definition) is 1. The number of piperidine rings is 1. The SMILES string of the molecule is CNC1CCCN(C(=O)Cc2nn(C)c(=O)c3ccccc23)C1.Cl. The number of carbonyl (C=O) groups is 1. The van der Waals surface area contributed by atoms with Crippen molar-refractivity contribution >= 4 is 29.1 Å². The van der Waals surface area contributed by atoms with Crippen LogP contribution in [-0.2, 0) is 18.3 Å². The second-order valence-electron chi connectivity index (χ2n) is 6.07. The van der Waals surface area contributed by atoms with Crippen LogP contribution in [0.1, 0.15) is 18.5 Å². The summed E-state index contributed by atoms with van der Waals surface area (Å²) in [5, 5.41) is 8.94. The van der Waals surface area contributed by atoms with Gasteiger partial charge in [0.15, 0.2) is 0 Å². The van der Waals surface area contributed by atoms with Crippen LogP contribution in [0.2, 0.25) is 0 Å². The first-order chi connectivity index (χ1) is 11.1. The van der Waals surface area contributed by atoms with E-state index in [2.05, 4.69) is 10.4 Å². The summed E-state index contributed by atoms with van der Waals surface area (Å²) < 4.78 is 1.32. The van der Waals surface area contributed by atoms with Gasteiger partial charge in [-0.2, -0.15) is 5.10 Å². The Kier molecular flexibility index (Phi) is 5.96. The van der Waals surface area contributed by atoms with E-state index in [1.807, 2.05) is 30.1 Å². The Labute approximate surface area is 147 Å². The lowest BCUT2D eigenvalue weighted by molar-refractivity contribution is -0.131. The van der Waals surface area contributed by atoms with Crippen LogP contribution in [0.15, 0.2) is 29.1 Å². The standard InChI is InChI=1S/C17H22N4O2.ClH/c1-18-12-6-5-9-21(11-12)16(22)10-15-13-7-3-4-8-14(13)17(23)20(2)19-15;/h3-4,7-8,12,18H,5-6,9-11H2,1-2H3;1H. The third-order valence-corrected chi connectivity index (χ3v) is 4.53. The number of halogens is 1. The van der Waals surface area contributed by atoms with Gasteiger partial charge in [0, 0.05) is 31.6 Å². The fourth-order valence-corrected chi connectivity index (χ4v) is 3.20. The minimum atomic E-state index is -0.134. The van der Waals surface area contributed by atoms with Crippen molar-refractivity contribution in [3.8, 4) is 0 Å². The molecular formula is C17H23ClN4O2. The molecule has 1 fully saturated rings. The molecule has 1 saturated heterocycles. The minimum Gasteiger partial charge on any atom is -0.341 e. The summed E-state index contributed by atoms with van der Waals surface area (Å²) in [5.74, 6) is 0.0706. The molecule has 7 heteroatoms. The maximum absolute atomic E-state index is 12.6. The number of benzene rings is 1. The third kappa shape index (κ3) is 3.60. The Morgan fingerprint density at radius 1 is 1.33 bits per heavy atom. The molecule has 0 radical (unpaired) electrons. The highest BCUT2D eigenvalue weighted by Crippen LogP contribution is 2.16. The molecule has 1 aliphatic heterocycles. The first kappa shape index (κ1) is 18.4. The first-order valence-corrected chi connectivity index (χ1v) is 8.00. The average Bonchev–Trinajstić information content (AvgIpc) is 2.59. The molecule has 0 aliphatic carbocycles. The van der Waals surface area contributed by atoms with Crippen LogP contribution in [0.25, 0.3) is 10.8 Å². The van der Waals surface area contributed by atoms with E-state index in [4.69, 9.17) is 0 Å². The van der Waals surface area contributed by atoms with Gasteiger partial charge in [-0.1, -0.05) is 18.2 Å². The predicted octanol–water partition coefficient (Wildman–Crippen LogP) is 1.11. The summed E-state index contributed by atoms with van der Waals surface area (Å²) in [4.78, 5) is 26.7. The molecule has 1 atom stereocenters. The second-order valence-corrected chi connectivity index (χ2v) is 6.07. The lowest BCUT2D eigenvalue weighted by Crippen LogP contribution is -2.47. The smallest absolute Gasteiger partial charge is 0.274 e. The van der Waals surface area contributed by atoms with Gasteiger partial charge in [0.1, 0.15) is 0 Å². The molecule has 130 valence electrons. The molecule has 0 spiro atoms. The van der Waals surface area contributed by atoms with Crippen LogP contribution in [0.3, 0.4) is 0 Å². The van der Waals surface area contributed by atoms with Crippen molar-refractivity contribution in [2.45, 2.75) is 25.3 Å². The Morgan fingerprint density at radius 3 is 2.75 bits per heavy atom. The van der Waals surface area contributed by atoms with Crippen molar-refractivity contribution in [3.63, 3.8) is 0 Å². The van der Waals surface area contributed by atoms with Gasteiger partial charge in [0.05, 0.1) is 17.5 Å². The Balaban J connectivity index is 0.00000208. The number of nitrogens with one attached hydrogen (secondary N) is 1. The van der Waals surface area contributed by atoms with Gasteiger partial charge in [-0.15, -0.1) is 12.4 Å². The van der Waals surface area contributed by atoms with Crippen molar-refractivity contribution in [2.24, 2.45) is 7.05 Å². The number of nitrogens with zero attached hydrogens (tertiary/aromatic N) is 3. The molecule has 1 N–H and O–H groups in total. The quantitative estimate of drug-likeness (QED) is 0.900. The molecular weight excluding hydrogens is 328 g/mol. The number of hydrogen-bond acceptors (Lipinski definition) is 4. The monoisotopic (exact) mass is 350 g/mol. The lowest BCUT2D eigenvalue weighted by atomic mass is 10.0. The number of carbonyl (C=O) groups excluding carboxylic acids is 1. The van der Waals surface area contributed by atoms with E-state index in [9.17, 15) is 9.59 Å². The van der Waals surface area contributed by atoms with Crippen LogP contribution < -0.4 is 10.9 Å². The van der Waals surface area contributed by atoms with E-state index in [0.717, 1.165) is 31.3 Å². The predicted molar refractivity (Wildman–Crippen MR) is 96.6 cm³/mol. The molecule has 1 aliphatic rings. The fraction of sp³-hybridized carbons (Fsp3) is 0.471. The number of amides is 1. The normalized spacial score (nSPS) is 17.6. The van der Waals surface area contributed by atoms with E-state index in [0.29, 0.717) is 17.1 Å². The van der Waals surface area contributed by atoms with E-state index in [-0.39, 0.29) is 30.3 Å². The van der Waals surface area contributed by atoms with Crippen LogP contribution in [0.5, 0.6) is 0 Å². The second kappa shape index (κ2) is 7.77. The summed E-state index contributed by atoms with van der Waals surface area (Å²) in [5.41, 5.74) is 0.532. The molecule has 1 aromatic carbocycles. The molecule has 2 aromatic rings. The number of rotatable bonds is 3. The van der Waals surface area contributed by atoms with E-state index >= 15 is 0 Å². The lowest BCUT2D eigenvalue weighted by Gasteiger charge is -2.32. The van der Waals surface area contributed by atoms with Crippen molar-refractivity contribution in [1.29, 1.82) is 0 Å². The summed E-state index contributed by atoms with van der Waals surface area (Å²) in [6.45, 7) is 1.53. The molecule has 1 aromatic heterocycles. The molecule has 0 bridgehead atoms. The van der Waals surface area contributed by atoms with Gasteiger partial charge in [-0.25, -0.2) is 4.68 Å². The van der Waals surface area contributed by atoms with E-state index < -0.39 is 0 Å². The molecule has 1 unspecified atom stereocenters. The molecule has 2 heterocycles. The minimum absolute atomic E-state index is 0.